The maximum atomic E-state index is 6.27. The number of nitrogens with one attached hydrogen (secondary N) is 1. The Labute approximate surface area is 134 Å². The van der Waals surface area contributed by atoms with Crippen LogP contribution in [0, 0.1) is 13.8 Å². The predicted octanol–water partition coefficient (Wildman–Crippen LogP) is 4.85. The van der Waals surface area contributed by atoms with Gasteiger partial charge in [0.1, 0.15) is 11.9 Å². The summed E-state index contributed by atoms with van der Waals surface area (Å²) in [6.45, 7) is 4.28. The van der Waals surface area contributed by atoms with Gasteiger partial charge in [-0.25, -0.2) is 0 Å². The van der Waals surface area contributed by atoms with Crippen LogP contribution in [0.15, 0.2) is 40.9 Å². The van der Waals surface area contributed by atoms with E-state index in [9.17, 15) is 0 Å². The fraction of sp³-hybridized carbons (Fsp3) is 0.333. The van der Waals surface area contributed by atoms with E-state index in [1.807, 2.05) is 7.05 Å². The molecule has 1 heterocycles. The van der Waals surface area contributed by atoms with E-state index in [4.69, 9.17) is 4.74 Å². The van der Waals surface area contributed by atoms with E-state index in [-0.39, 0.29) is 6.10 Å². The van der Waals surface area contributed by atoms with Gasteiger partial charge in [0, 0.05) is 22.5 Å². The molecule has 2 atom stereocenters. The molecule has 0 radical (unpaired) electrons. The molecule has 2 nitrogen and oxygen atoms in total. The third-order valence-electron chi connectivity index (χ3n) is 4.03. The first-order chi connectivity index (χ1) is 10.1. The van der Waals surface area contributed by atoms with Gasteiger partial charge in [-0.05, 0) is 38.6 Å². The maximum Gasteiger partial charge on any atom is 0.126 e. The van der Waals surface area contributed by atoms with Crippen molar-refractivity contribution in [3.8, 4) is 5.75 Å². The summed E-state index contributed by atoms with van der Waals surface area (Å²) in [7, 11) is 2.01. The van der Waals surface area contributed by atoms with Crippen molar-refractivity contribution in [1.29, 1.82) is 0 Å². The summed E-state index contributed by atoms with van der Waals surface area (Å²) >= 11 is 3.53. The summed E-state index contributed by atoms with van der Waals surface area (Å²) in [6, 6.07) is 13.3. The molecule has 0 aromatic heterocycles. The molecule has 3 rings (SSSR count). The molecule has 1 aliphatic rings. The fourth-order valence-corrected chi connectivity index (χ4v) is 3.45. The number of hydrogen-bond donors (Lipinski definition) is 1. The minimum Gasteiger partial charge on any atom is -0.485 e. The highest BCUT2D eigenvalue weighted by molar-refractivity contribution is 9.10. The van der Waals surface area contributed by atoms with Crippen molar-refractivity contribution in [1.82, 2.24) is 5.32 Å². The molecule has 2 unspecified atom stereocenters. The van der Waals surface area contributed by atoms with E-state index < -0.39 is 0 Å². The van der Waals surface area contributed by atoms with Crippen molar-refractivity contribution in [2.45, 2.75) is 32.4 Å². The van der Waals surface area contributed by atoms with Crippen LogP contribution in [-0.4, -0.2) is 7.05 Å². The van der Waals surface area contributed by atoms with Gasteiger partial charge in [-0.15, -0.1) is 0 Å². The van der Waals surface area contributed by atoms with Crippen LogP contribution in [0.3, 0.4) is 0 Å². The lowest BCUT2D eigenvalue weighted by Crippen LogP contribution is -2.26. The Morgan fingerprint density at radius 2 is 1.81 bits per heavy atom. The molecule has 0 saturated heterocycles. The van der Waals surface area contributed by atoms with Crippen LogP contribution in [0.4, 0.5) is 0 Å². The molecular weight excluding hydrogens is 326 g/mol. The van der Waals surface area contributed by atoms with Crippen LogP contribution < -0.4 is 10.1 Å². The van der Waals surface area contributed by atoms with Gasteiger partial charge in [0.15, 0.2) is 0 Å². The highest BCUT2D eigenvalue weighted by atomic mass is 79.9. The van der Waals surface area contributed by atoms with E-state index >= 15 is 0 Å². The number of aryl methyl sites for hydroxylation is 2. The summed E-state index contributed by atoms with van der Waals surface area (Å²) < 4.78 is 7.32. The van der Waals surface area contributed by atoms with Crippen molar-refractivity contribution in [2.24, 2.45) is 0 Å². The Hall–Kier alpha value is -1.32. The molecule has 0 amide bonds. The molecule has 21 heavy (non-hydrogen) atoms. The van der Waals surface area contributed by atoms with E-state index in [0.29, 0.717) is 6.04 Å². The normalized spacial score (nSPS) is 20.8. The number of rotatable bonds is 2. The number of ether oxygens (including phenoxy) is 1. The van der Waals surface area contributed by atoms with Gasteiger partial charge in [-0.1, -0.05) is 51.3 Å². The maximum absolute atomic E-state index is 6.27. The van der Waals surface area contributed by atoms with Crippen molar-refractivity contribution in [2.75, 3.05) is 7.05 Å². The van der Waals surface area contributed by atoms with Crippen molar-refractivity contribution < 1.29 is 4.74 Å². The van der Waals surface area contributed by atoms with Crippen molar-refractivity contribution in [3.05, 3.63) is 63.1 Å². The zero-order chi connectivity index (χ0) is 15.0. The van der Waals surface area contributed by atoms with Gasteiger partial charge in [0.2, 0.25) is 0 Å². The summed E-state index contributed by atoms with van der Waals surface area (Å²) in [5.74, 6) is 0.971. The van der Waals surface area contributed by atoms with E-state index in [2.05, 4.69) is 71.5 Å². The summed E-state index contributed by atoms with van der Waals surface area (Å²) in [5.41, 5.74) is 5.07. The summed E-state index contributed by atoms with van der Waals surface area (Å²) in [4.78, 5) is 0. The van der Waals surface area contributed by atoms with Crippen LogP contribution in [0.1, 0.15) is 40.8 Å². The highest BCUT2D eigenvalue weighted by Crippen LogP contribution is 2.42. The smallest absolute Gasteiger partial charge is 0.126 e. The number of halogens is 1. The Kier molecular flexibility index (Phi) is 4.05. The standard InChI is InChI=1S/C18H20BrNO/c1-11-6-12(2)8-13(7-11)17-10-16(20-3)15-5-4-14(19)9-18(15)21-17/h4-9,16-17,20H,10H2,1-3H3. The third kappa shape index (κ3) is 2.99. The topological polar surface area (TPSA) is 21.3 Å². The molecule has 0 bridgehead atoms. The van der Waals surface area contributed by atoms with E-state index in [1.54, 1.807) is 0 Å². The average molecular weight is 346 g/mol. The minimum atomic E-state index is 0.0999. The zero-order valence-corrected chi connectivity index (χ0v) is 14.2. The first-order valence-corrected chi connectivity index (χ1v) is 8.07. The third-order valence-corrected chi connectivity index (χ3v) is 4.53. The molecule has 2 aromatic rings. The molecular formula is C18H20BrNO. The molecule has 1 N–H and O–H groups in total. The summed E-state index contributed by atoms with van der Waals surface area (Å²) in [5, 5.41) is 3.41. The highest BCUT2D eigenvalue weighted by Gasteiger charge is 2.28. The van der Waals surface area contributed by atoms with Crippen LogP contribution in [-0.2, 0) is 0 Å². The largest absolute Gasteiger partial charge is 0.485 e. The first kappa shape index (κ1) is 14.6. The van der Waals surface area contributed by atoms with Crippen molar-refractivity contribution >= 4 is 15.9 Å². The zero-order valence-electron chi connectivity index (χ0n) is 12.6. The second-order valence-corrected chi connectivity index (χ2v) is 6.70. The molecule has 110 valence electrons. The lowest BCUT2D eigenvalue weighted by molar-refractivity contribution is 0.153. The molecule has 0 aliphatic carbocycles. The van der Waals surface area contributed by atoms with Crippen molar-refractivity contribution in [3.63, 3.8) is 0 Å². The molecule has 0 spiro atoms. The lowest BCUT2D eigenvalue weighted by Gasteiger charge is -2.32. The van der Waals surface area contributed by atoms with Gasteiger partial charge < -0.3 is 10.1 Å². The fourth-order valence-electron chi connectivity index (χ4n) is 3.11. The molecule has 3 heteroatoms. The molecule has 0 fully saturated rings. The van der Waals surface area contributed by atoms with Gasteiger partial charge in [0.25, 0.3) is 0 Å². The van der Waals surface area contributed by atoms with Crippen LogP contribution in [0.25, 0.3) is 0 Å². The van der Waals surface area contributed by atoms with E-state index in [1.165, 1.54) is 22.3 Å². The van der Waals surface area contributed by atoms with E-state index in [0.717, 1.165) is 16.6 Å². The quantitative estimate of drug-likeness (QED) is 0.839. The SMILES string of the molecule is CNC1CC(c2cc(C)cc(C)c2)Oc2cc(Br)ccc21. The lowest BCUT2D eigenvalue weighted by atomic mass is 9.92. The monoisotopic (exact) mass is 345 g/mol. The Balaban J connectivity index is 1.99. The molecule has 2 aromatic carbocycles. The van der Waals surface area contributed by atoms with Gasteiger partial charge >= 0.3 is 0 Å². The average Bonchev–Trinajstić information content (AvgIpc) is 2.44. The predicted molar refractivity (Wildman–Crippen MR) is 89.8 cm³/mol. The van der Waals surface area contributed by atoms with Crippen LogP contribution in [0.5, 0.6) is 5.75 Å². The Bertz CT molecular complexity index is 648. The number of hydrogen-bond acceptors (Lipinski definition) is 2. The first-order valence-electron chi connectivity index (χ1n) is 7.28. The molecule has 1 aliphatic heterocycles. The van der Waals surface area contributed by atoms with Gasteiger partial charge in [-0.3, -0.25) is 0 Å². The van der Waals surface area contributed by atoms with Crippen LogP contribution in [0.2, 0.25) is 0 Å². The van der Waals surface area contributed by atoms with Gasteiger partial charge in [0.05, 0.1) is 0 Å². The molecule has 0 saturated carbocycles. The number of benzene rings is 2. The Morgan fingerprint density at radius 1 is 1.10 bits per heavy atom. The number of fused-ring (bicyclic) bond motifs is 1. The Morgan fingerprint density at radius 3 is 2.48 bits per heavy atom. The second-order valence-electron chi connectivity index (χ2n) is 5.79. The van der Waals surface area contributed by atoms with Gasteiger partial charge in [-0.2, -0.15) is 0 Å². The van der Waals surface area contributed by atoms with Crippen LogP contribution >= 0.6 is 15.9 Å². The minimum absolute atomic E-state index is 0.0999. The second kappa shape index (κ2) is 5.82. The summed E-state index contributed by atoms with van der Waals surface area (Å²) in [6.07, 6.45) is 1.05.